The summed E-state index contributed by atoms with van der Waals surface area (Å²) in [6.07, 6.45) is 3.11. The molecule has 1 aliphatic carbocycles. The highest BCUT2D eigenvalue weighted by atomic mass is 127. The minimum absolute atomic E-state index is 0.0219. The predicted molar refractivity (Wildman–Crippen MR) is 130 cm³/mol. The minimum Gasteiger partial charge on any atom is -0.369 e. The van der Waals surface area contributed by atoms with E-state index in [2.05, 4.69) is 44.9 Å². The maximum atomic E-state index is 12.8. The van der Waals surface area contributed by atoms with E-state index in [4.69, 9.17) is 0 Å². The monoisotopic (exact) mass is 557 g/mol. The maximum Gasteiger partial charge on any atom is 0.280 e. The second-order valence-electron chi connectivity index (χ2n) is 9.11. The summed E-state index contributed by atoms with van der Waals surface area (Å²) < 4.78 is 3.04. The normalized spacial score (nSPS) is 21.0. The molecule has 3 aliphatic rings. The first-order valence-electron chi connectivity index (χ1n) is 10.4. The fourth-order valence-electron chi connectivity index (χ4n) is 4.19. The molecule has 0 radical (unpaired) electrons. The van der Waals surface area contributed by atoms with Crippen LogP contribution in [0.2, 0.25) is 0 Å². The van der Waals surface area contributed by atoms with Crippen molar-refractivity contribution in [3.05, 3.63) is 22.1 Å². The minimum atomic E-state index is -0.227. The summed E-state index contributed by atoms with van der Waals surface area (Å²) in [7, 11) is 1.69. The first-order valence-corrected chi connectivity index (χ1v) is 12.3. The molecule has 1 unspecified atom stereocenters. The fourth-order valence-corrected chi connectivity index (χ4v) is 5.85. The van der Waals surface area contributed by atoms with Crippen LogP contribution in [0.25, 0.3) is 0 Å². The van der Waals surface area contributed by atoms with Crippen LogP contribution in [0.4, 0.5) is 5.13 Å². The van der Waals surface area contributed by atoms with E-state index in [1.165, 1.54) is 9.78 Å². The topological polar surface area (TPSA) is 102 Å². The summed E-state index contributed by atoms with van der Waals surface area (Å²) >= 11 is 3.56. The molecule has 1 aromatic heterocycles. The summed E-state index contributed by atoms with van der Waals surface area (Å²) in [6, 6.07) is 0. The number of aliphatic imine (C=N–C) groups is 1. The lowest BCUT2D eigenvalue weighted by atomic mass is 9.73. The Morgan fingerprint density at radius 3 is 2.84 bits per heavy atom. The number of hydrogen-bond acceptors (Lipinski definition) is 8. The standard InChI is InChI=1S/C20H28IN7O2S/c1-20(2,3)11-5-6-12-13(9-11)31-18(24-12)25-14(29)10-23-15-16(26-21)28-8-7-22-19(28)27(4)17(15)30/h11,23,26H,5-10H2,1-4H3,(H,24,25,29). The molecule has 3 N–H and O–H groups in total. The number of nitrogens with zero attached hydrogens (tertiary/aromatic N) is 4. The van der Waals surface area contributed by atoms with E-state index in [9.17, 15) is 9.59 Å². The van der Waals surface area contributed by atoms with E-state index in [1.807, 2.05) is 27.8 Å². The Morgan fingerprint density at radius 1 is 1.35 bits per heavy atom. The fraction of sp³-hybridized carbons (Fsp3) is 0.600. The second-order valence-corrected chi connectivity index (χ2v) is 10.7. The number of thiazole rings is 1. The van der Waals surface area contributed by atoms with Gasteiger partial charge in [-0.25, -0.2) is 4.98 Å². The van der Waals surface area contributed by atoms with Crippen molar-refractivity contribution in [2.45, 2.75) is 40.0 Å². The Labute approximate surface area is 200 Å². The zero-order valence-electron chi connectivity index (χ0n) is 18.2. The lowest BCUT2D eigenvalue weighted by molar-refractivity contribution is -0.124. The zero-order chi connectivity index (χ0) is 22.3. The molecule has 11 heteroatoms. The van der Waals surface area contributed by atoms with Crippen molar-refractivity contribution in [1.29, 1.82) is 0 Å². The highest BCUT2D eigenvalue weighted by Gasteiger charge is 2.37. The molecule has 0 spiro atoms. The molecule has 2 amide bonds. The van der Waals surface area contributed by atoms with Gasteiger partial charge in [0.15, 0.2) is 5.13 Å². The van der Waals surface area contributed by atoms with Gasteiger partial charge in [0.1, 0.15) is 11.5 Å². The van der Waals surface area contributed by atoms with Crippen molar-refractivity contribution in [2.24, 2.45) is 16.3 Å². The molecule has 0 bridgehead atoms. The smallest absolute Gasteiger partial charge is 0.280 e. The van der Waals surface area contributed by atoms with Crippen LogP contribution < -0.4 is 14.2 Å². The van der Waals surface area contributed by atoms with Crippen LogP contribution in [0.5, 0.6) is 0 Å². The Balaban J connectivity index is 1.41. The van der Waals surface area contributed by atoms with Gasteiger partial charge in [0.05, 0.1) is 41.6 Å². The highest BCUT2D eigenvalue weighted by molar-refractivity contribution is 14.1. The second kappa shape index (κ2) is 8.57. The lowest BCUT2D eigenvalue weighted by Crippen LogP contribution is -2.53. The van der Waals surface area contributed by atoms with Gasteiger partial charge in [-0.05, 0) is 30.6 Å². The average molecular weight is 557 g/mol. The lowest BCUT2D eigenvalue weighted by Gasteiger charge is -2.34. The number of aromatic nitrogens is 1. The van der Waals surface area contributed by atoms with Gasteiger partial charge in [-0.1, -0.05) is 20.8 Å². The number of guanidine groups is 1. The molecule has 0 saturated carbocycles. The summed E-state index contributed by atoms with van der Waals surface area (Å²) in [5.74, 6) is 1.44. The molecule has 168 valence electrons. The molecule has 1 atom stereocenters. The molecule has 0 aromatic carbocycles. The van der Waals surface area contributed by atoms with Gasteiger partial charge in [0.2, 0.25) is 11.9 Å². The van der Waals surface area contributed by atoms with Gasteiger partial charge in [0, 0.05) is 18.5 Å². The molecular weight excluding hydrogens is 529 g/mol. The molecule has 2 aliphatic heterocycles. The van der Waals surface area contributed by atoms with Gasteiger partial charge in [-0.3, -0.25) is 24.4 Å². The van der Waals surface area contributed by atoms with Gasteiger partial charge in [-0.2, -0.15) is 0 Å². The first kappa shape index (κ1) is 22.3. The van der Waals surface area contributed by atoms with Crippen LogP contribution in [0, 0.1) is 11.3 Å². The van der Waals surface area contributed by atoms with Gasteiger partial charge < -0.3 is 14.2 Å². The van der Waals surface area contributed by atoms with Crippen LogP contribution in [0.15, 0.2) is 16.5 Å². The van der Waals surface area contributed by atoms with Crippen LogP contribution in [-0.2, 0) is 22.4 Å². The van der Waals surface area contributed by atoms with Crippen LogP contribution in [-0.4, -0.2) is 59.2 Å². The van der Waals surface area contributed by atoms with Crippen LogP contribution in [0.1, 0.15) is 37.8 Å². The quantitative estimate of drug-likeness (QED) is 0.379. The SMILES string of the molecule is CN1C(=O)C(NCC(=O)Nc2nc3c(s2)CC(C(C)(C)C)CC3)=C(NI)N2CCN=C12. The summed E-state index contributed by atoms with van der Waals surface area (Å²) in [5, 5.41) is 6.54. The van der Waals surface area contributed by atoms with E-state index in [0.29, 0.717) is 41.6 Å². The molecule has 4 rings (SSSR count). The number of rotatable bonds is 5. The number of hydrogen-bond donors (Lipinski definition) is 3. The molecule has 0 fully saturated rings. The molecule has 31 heavy (non-hydrogen) atoms. The third kappa shape index (κ3) is 4.38. The molecular formula is C20H28IN7O2S. The van der Waals surface area contributed by atoms with Crippen molar-refractivity contribution < 1.29 is 9.59 Å². The third-order valence-electron chi connectivity index (χ3n) is 6.07. The number of halogens is 1. The summed E-state index contributed by atoms with van der Waals surface area (Å²) in [6.45, 7) is 8.15. The van der Waals surface area contributed by atoms with E-state index in [0.717, 1.165) is 25.0 Å². The van der Waals surface area contributed by atoms with Gasteiger partial charge in [0.25, 0.3) is 5.91 Å². The molecule has 0 saturated heterocycles. The van der Waals surface area contributed by atoms with Crippen molar-refractivity contribution in [3.8, 4) is 0 Å². The number of carbonyl (C=O) groups is 2. The Bertz CT molecular complexity index is 965. The van der Waals surface area contributed by atoms with Gasteiger partial charge in [-0.15, -0.1) is 11.3 Å². The first-order chi connectivity index (χ1) is 14.7. The van der Waals surface area contributed by atoms with E-state index < -0.39 is 0 Å². The van der Waals surface area contributed by atoms with Crippen molar-refractivity contribution >= 4 is 57.1 Å². The van der Waals surface area contributed by atoms with E-state index >= 15 is 0 Å². The predicted octanol–water partition coefficient (Wildman–Crippen LogP) is 2.07. The number of likely N-dealkylation sites (N-methyl/N-ethyl adjacent to an activating group) is 1. The number of nitrogens with one attached hydrogen (secondary N) is 3. The third-order valence-corrected chi connectivity index (χ3v) is 7.62. The van der Waals surface area contributed by atoms with Crippen molar-refractivity contribution in [3.63, 3.8) is 0 Å². The van der Waals surface area contributed by atoms with E-state index in [-0.39, 0.29) is 23.8 Å². The summed E-state index contributed by atoms with van der Waals surface area (Å²) in [4.78, 5) is 39.1. The largest absolute Gasteiger partial charge is 0.369 e. The van der Waals surface area contributed by atoms with Crippen LogP contribution >= 0.6 is 34.2 Å². The zero-order valence-corrected chi connectivity index (χ0v) is 21.2. The Kier molecular flexibility index (Phi) is 6.16. The maximum absolute atomic E-state index is 12.8. The van der Waals surface area contributed by atoms with Gasteiger partial charge >= 0.3 is 0 Å². The number of aryl methyl sites for hydroxylation is 1. The highest BCUT2D eigenvalue weighted by Crippen LogP contribution is 2.40. The number of carbonyl (C=O) groups excluding carboxylic acids is 2. The average Bonchev–Trinajstić information content (AvgIpc) is 3.34. The molecule has 9 nitrogen and oxygen atoms in total. The number of amides is 2. The van der Waals surface area contributed by atoms with E-state index in [1.54, 1.807) is 18.4 Å². The Hall–Kier alpha value is -1.89. The number of fused-ring (bicyclic) bond motifs is 2. The van der Waals surface area contributed by atoms with Crippen molar-refractivity contribution in [2.75, 3.05) is 32.0 Å². The Morgan fingerprint density at radius 2 is 2.13 bits per heavy atom. The molecule has 1 aromatic rings. The van der Waals surface area contributed by atoms with Crippen molar-refractivity contribution in [1.82, 2.24) is 23.6 Å². The summed E-state index contributed by atoms with van der Waals surface area (Å²) in [5.41, 5.74) is 1.74. The van der Waals surface area contributed by atoms with Crippen LogP contribution in [0.3, 0.4) is 0 Å². The number of anilines is 1. The molecule has 3 heterocycles.